The van der Waals surface area contributed by atoms with Crippen molar-refractivity contribution < 1.29 is 14.3 Å². The maximum atomic E-state index is 12.8. The lowest BCUT2D eigenvalue weighted by atomic mass is 10.1. The maximum absolute atomic E-state index is 12.8. The standard InChI is InChI=1S/C21H31N3O3/c1-27-18-9-7-17(8-10-18)11-12-22-20(25)16-24-15-5-6-19(24)21(26)23-13-3-2-4-14-23/h7-10,19H,2-6,11-16H2,1H3,(H,22,25)/t19-/m0/s1. The molecule has 0 bridgehead atoms. The number of likely N-dealkylation sites (tertiary alicyclic amines) is 2. The smallest absolute Gasteiger partial charge is 0.239 e. The van der Waals surface area contributed by atoms with Crippen molar-refractivity contribution in [2.45, 2.75) is 44.6 Å². The number of carbonyl (C=O) groups excluding carboxylic acids is 2. The van der Waals surface area contributed by atoms with Gasteiger partial charge in [0.25, 0.3) is 0 Å². The minimum absolute atomic E-state index is 0.00172. The van der Waals surface area contributed by atoms with Crippen LogP contribution in [0, 0.1) is 0 Å². The molecular weight excluding hydrogens is 342 g/mol. The fraction of sp³-hybridized carbons (Fsp3) is 0.619. The maximum Gasteiger partial charge on any atom is 0.239 e. The molecule has 1 aromatic carbocycles. The number of hydrogen-bond acceptors (Lipinski definition) is 4. The second-order valence-electron chi connectivity index (χ2n) is 7.46. The first-order valence-electron chi connectivity index (χ1n) is 10.1. The second-order valence-corrected chi connectivity index (χ2v) is 7.46. The lowest BCUT2D eigenvalue weighted by Gasteiger charge is -2.32. The molecule has 2 saturated heterocycles. The number of nitrogens with one attached hydrogen (secondary N) is 1. The van der Waals surface area contributed by atoms with E-state index in [2.05, 4.69) is 10.2 Å². The topological polar surface area (TPSA) is 61.9 Å². The predicted octanol–water partition coefficient (Wildman–Crippen LogP) is 1.83. The van der Waals surface area contributed by atoms with Crippen molar-refractivity contribution in [3.05, 3.63) is 29.8 Å². The first kappa shape index (κ1) is 19.7. The van der Waals surface area contributed by atoms with E-state index in [0.29, 0.717) is 13.1 Å². The molecule has 0 saturated carbocycles. The summed E-state index contributed by atoms with van der Waals surface area (Å²) in [6.45, 7) is 3.49. The van der Waals surface area contributed by atoms with E-state index >= 15 is 0 Å². The molecule has 0 spiro atoms. The number of rotatable bonds is 7. The van der Waals surface area contributed by atoms with Gasteiger partial charge in [-0.2, -0.15) is 0 Å². The van der Waals surface area contributed by atoms with Gasteiger partial charge in [-0.05, 0) is 62.8 Å². The van der Waals surface area contributed by atoms with Gasteiger partial charge in [-0.3, -0.25) is 14.5 Å². The summed E-state index contributed by atoms with van der Waals surface area (Å²) in [4.78, 5) is 29.2. The Morgan fingerprint density at radius 2 is 1.81 bits per heavy atom. The number of nitrogens with zero attached hydrogens (tertiary/aromatic N) is 2. The van der Waals surface area contributed by atoms with Crippen molar-refractivity contribution >= 4 is 11.8 Å². The largest absolute Gasteiger partial charge is 0.497 e. The van der Waals surface area contributed by atoms with Crippen LogP contribution < -0.4 is 10.1 Å². The SMILES string of the molecule is COc1ccc(CCNC(=O)CN2CCC[C@H]2C(=O)N2CCCCC2)cc1. The first-order chi connectivity index (χ1) is 13.2. The summed E-state index contributed by atoms with van der Waals surface area (Å²) in [7, 11) is 1.65. The highest BCUT2D eigenvalue weighted by molar-refractivity contribution is 5.84. The van der Waals surface area contributed by atoms with Crippen LogP contribution in [0.25, 0.3) is 0 Å². The van der Waals surface area contributed by atoms with Crippen LogP contribution in [0.5, 0.6) is 5.75 Å². The molecule has 6 nitrogen and oxygen atoms in total. The summed E-state index contributed by atoms with van der Waals surface area (Å²) >= 11 is 0. The van der Waals surface area contributed by atoms with Crippen LogP contribution in [0.1, 0.15) is 37.7 Å². The quantitative estimate of drug-likeness (QED) is 0.792. The predicted molar refractivity (Wildman–Crippen MR) is 105 cm³/mol. The minimum atomic E-state index is -0.115. The number of benzene rings is 1. The van der Waals surface area contributed by atoms with Gasteiger partial charge in [-0.1, -0.05) is 12.1 Å². The highest BCUT2D eigenvalue weighted by atomic mass is 16.5. The number of ether oxygens (including phenoxy) is 1. The van der Waals surface area contributed by atoms with E-state index in [9.17, 15) is 9.59 Å². The Bertz CT molecular complexity index is 626. The summed E-state index contributed by atoms with van der Waals surface area (Å²) in [6, 6.07) is 7.77. The van der Waals surface area contributed by atoms with E-state index in [-0.39, 0.29) is 17.9 Å². The Balaban J connectivity index is 1.42. The normalized spacial score (nSPS) is 20.5. The Labute approximate surface area is 161 Å². The summed E-state index contributed by atoms with van der Waals surface area (Å²) in [5, 5.41) is 2.99. The van der Waals surface area contributed by atoms with Crippen LogP contribution >= 0.6 is 0 Å². The number of methoxy groups -OCH3 is 1. The fourth-order valence-corrected chi connectivity index (χ4v) is 4.00. The number of hydrogen-bond donors (Lipinski definition) is 1. The van der Waals surface area contributed by atoms with Crippen molar-refractivity contribution in [3.63, 3.8) is 0 Å². The first-order valence-corrected chi connectivity index (χ1v) is 10.1. The molecule has 2 aliphatic heterocycles. The van der Waals surface area contributed by atoms with E-state index in [1.54, 1.807) is 7.11 Å². The lowest BCUT2D eigenvalue weighted by Crippen LogP contribution is -2.49. The summed E-state index contributed by atoms with van der Waals surface area (Å²) in [5.74, 6) is 1.06. The monoisotopic (exact) mass is 373 g/mol. The molecule has 0 radical (unpaired) electrons. The molecule has 2 fully saturated rings. The van der Waals surface area contributed by atoms with E-state index in [4.69, 9.17) is 4.74 Å². The van der Waals surface area contributed by atoms with Crippen LogP contribution in [0.4, 0.5) is 0 Å². The third-order valence-corrected chi connectivity index (χ3v) is 5.56. The van der Waals surface area contributed by atoms with Gasteiger partial charge < -0.3 is 15.0 Å². The molecule has 1 N–H and O–H groups in total. The average Bonchev–Trinajstić information content (AvgIpc) is 3.16. The van der Waals surface area contributed by atoms with Crippen LogP contribution in [0.2, 0.25) is 0 Å². The summed E-state index contributed by atoms with van der Waals surface area (Å²) < 4.78 is 5.15. The highest BCUT2D eigenvalue weighted by Crippen LogP contribution is 2.21. The molecule has 2 heterocycles. The molecule has 0 aliphatic carbocycles. The molecule has 6 heteroatoms. The molecule has 1 atom stereocenters. The van der Waals surface area contributed by atoms with Crippen molar-refractivity contribution in [2.24, 2.45) is 0 Å². The number of carbonyl (C=O) groups is 2. The van der Waals surface area contributed by atoms with Crippen molar-refractivity contribution in [2.75, 3.05) is 39.8 Å². The Morgan fingerprint density at radius 3 is 2.52 bits per heavy atom. The third-order valence-electron chi connectivity index (χ3n) is 5.56. The Morgan fingerprint density at radius 1 is 1.07 bits per heavy atom. The van der Waals surface area contributed by atoms with Gasteiger partial charge in [-0.25, -0.2) is 0 Å². The average molecular weight is 373 g/mol. The summed E-state index contributed by atoms with van der Waals surface area (Å²) in [5.41, 5.74) is 1.16. The molecular formula is C21H31N3O3. The molecule has 148 valence electrons. The fourth-order valence-electron chi connectivity index (χ4n) is 4.00. The van der Waals surface area contributed by atoms with Crippen LogP contribution in [0.15, 0.2) is 24.3 Å². The highest BCUT2D eigenvalue weighted by Gasteiger charge is 2.34. The van der Waals surface area contributed by atoms with Gasteiger partial charge in [0, 0.05) is 19.6 Å². The third kappa shape index (κ3) is 5.45. The van der Waals surface area contributed by atoms with Crippen molar-refractivity contribution in [1.82, 2.24) is 15.1 Å². The molecule has 0 aromatic heterocycles. The van der Waals surface area contributed by atoms with Gasteiger partial charge in [-0.15, -0.1) is 0 Å². The minimum Gasteiger partial charge on any atom is -0.497 e. The zero-order valence-electron chi connectivity index (χ0n) is 16.3. The van der Waals surface area contributed by atoms with E-state index in [1.807, 2.05) is 29.2 Å². The Kier molecular flexibility index (Phi) is 7.10. The second kappa shape index (κ2) is 9.74. The van der Waals surface area contributed by atoms with Gasteiger partial charge in [0.2, 0.25) is 11.8 Å². The molecule has 27 heavy (non-hydrogen) atoms. The molecule has 3 rings (SSSR count). The van der Waals surface area contributed by atoms with Crippen molar-refractivity contribution in [3.8, 4) is 5.75 Å². The van der Waals surface area contributed by atoms with E-state index in [0.717, 1.165) is 63.1 Å². The summed E-state index contributed by atoms with van der Waals surface area (Å²) in [6.07, 6.45) is 6.06. The molecule has 2 aliphatic rings. The number of piperidine rings is 1. The molecule has 2 amide bonds. The van der Waals surface area contributed by atoms with E-state index in [1.165, 1.54) is 6.42 Å². The number of amides is 2. The van der Waals surface area contributed by atoms with Gasteiger partial charge in [0.1, 0.15) is 5.75 Å². The zero-order valence-corrected chi connectivity index (χ0v) is 16.3. The van der Waals surface area contributed by atoms with Crippen LogP contribution in [-0.2, 0) is 16.0 Å². The Hall–Kier alpha value is -2.08. The van der Waals surface area contributed by atoms with Crippen LogP contribution in [0.3, 0.4) is 0 Å². The van der Waals surface area contributed by atoms with Crippen molar-refractivity contribution in [1.29, 1.82) is 0 Å². The zero-order chi connectivity index (χ0) is 19.1. The van der Waals surface area contributed by atoms with E-state index < -0.39 is 0 Å². The molecule has 1 aromatic rings. The lowest BCUT2D eigenvalue weighted by molar-refractivity contribution is -0.137. The van der Waals surface area contributed by atoms with Gasteiger partial charge in [0.05, 0.1) is 19.7 Å². The van der Waals surface area contributed by atoms with Crippen LogP contribution in [-0.4, -0.2) is 67.5 Å². The molecule has 0 unspecified atom stereocenters. The van der Waals surface area contributed by atoms with Gasteiger partial charge >= 0.3 is 0 Å². The van der Waals surface area contributed by atoms with Gasteiger partial charge in [0.15, 0.2) is 0 Å².